The van der Waals surface area contributed by atoms with Gasteiger partial charge in [0.25, 0.3) is 0 Å². The van der Waals surface area contributed by atoms with E-state index < -0.39 is 0 Å². The molecular weight excluding hydrogens is 1780 g/mol. The topological polar surface area (TPSA) is 19.7 Å². The van der Waals surface area contributed by atoms with Crippen molar-refractivity contribution in [1.29, 1.82) is 0 Å². The number of hydrogen-bond donors (Lipinski definition) is 0. The molecule has 0 unspecified atom stereocenters. The van der Waals surface area contributed by atoms with Crippen LogP contribution in [0.25, 0.3) is 265 Å². The molecule has 36 rings (SSSR count). The zero-order chi connectivity index (χ0) is 96.3. The van der Waals surface area contributed by atoms with Crippen molar-refractivity contribution in [1.82, 2.24) is 17.9 Å². The molecule has 4 nitrogen and oxygen atoms in total. The minimum atomic E-state index is 0.163. The van der Waals surface area contributed by atoms with Gasteiger partial charge >= 0.3 is 27.4 Å². The predicted octanol–water partition coefficient (Wildman–Crippen LogP) is 29.9. The van der Waals surface area contributed by atoms with Crippen LogP contribution in [0.15, 0.2) is 510 Å². The zero-order valence-corrected chi connectivity index (χ0v) is 80.6. The Kier molecular flexibility index (Phi) is 17.3. The van der Waals surface area contributed by atoms with E-state index in [-0.39, 0.29) is 27.4 Å². The Morgan fingerprint density at radius 3 is 0.736 bits per heavy atom. The van der Waals surface area contributed by atoms with Gasteiger partial charge in [-0.1, -0.05) is 473 Å². The molecule has 8 heteroatoms. The van der Waals surface area contributed by atoms with Gasteiger partial charge in [-0.05, 0) is 213 Å². The largest absolute Gasteiger partial charge is 0.375 e. The molecule has 12 heterocycles. The Labute approximate surface area is 856 Å². The maximum Gasteiger partial charge on any atom is 0.329 e. The zero-order valence-electron chi connectivity index (χ0n) is 80.6. The van der Waals surface area contributed by atoms with Gasteiger partial charge in [0.15, 0.2) is 0 Å². The van der Waals surface area contributed by atoms with E-state index in [2.05, 4.69) is 527 Å². The standard InChI is InChI=1S/C42H26BN.2C34H20BN.C30H18BN/c1-3-12-27(13-4-1)29-22-30(28-14-5-2-6-15-28)24-31(23-29)32-25-37-34-17-8-10-21-40(34)43-39-20-9-7-16-33(39)35-18-11-19-36-38(26-32)42(37)44(43)41(35)36;1-2-10-23-21(8-1)9-5-12-24(23)22-18-19-26-28-14-7-16-30-29-15-6-13-27-25-11-3-4-17-31(25)35(32(26)20-22)36(33(27)29)34(28)30;1-2-8-22-19-23(16-15-21(22)7-1)24-17-18-26-28-11-6-13-30-29-12-5-10-27-25-9-3-4-14-31(25)35(32(26)20-24)36(33(27)29)34(28)30;1-2-8-19(9-3-1)20-16-17-22-24-12-7-14-26-25-13-6-11-23-21-10-4-5-15-27(21)31(28(22)18-20)32(29(23)25)30(24)26/h1-26H;2*1-20H;1-18H. The minimum absolute atomic E-state index is 0.163. The molecule has 0 radical (unpaired) electrons. The fourth-order valence-electron chi connectivity index (χ4n) is 27.8. The molecule has 0 atom stereocenters. The highest BCUT2D eigenvalue weighted by molar-refractivity contribution is 6.91. The summed E-state index contributed by atoms with van der Waals surface area (Å²) in [6, 6.07) is 189. The average molecular weight is 1870 g/mol. The molecule has 148 heavy (non-hydrogen) atoms. The van der Waals surface area contributed by atoms with Crippen LogP contribution in [0.5, 0.6) is 0 Å². The molecule has 28 aromatic rings. The summed E-state index contributed by atoms with van der Waals surface area (Å²) in [7, 11) is 0. The van der Waals surface area contributed by atoms with Crippen molar-refractivity contribution in [2.24, 2.45) is 0 Å². The second-order valence-electron chi connectivity index (χ2n) is 41.3. The van der Waals surface area contributed by atoms with E-state index in [1.807, 2.05) is 0 Å². The van der Waals surface area contributed by atoms with Crippen LogP contribution < -0.4 is 43.7 Å². The van der Waals surface area contributed by atoms with Crippen molar-refractivity contribution in [3.05, 3.63) is 510 Å². The lowest BCUT2D eigenvalue weighted by Gasteiger charge is -2.32. The Balaban J connectivity index is 0.0000000864. The number of para-hydroxylation sites is 7. The van der Waals surface area contributed by atoms with Crippen molar-refractivity contribution < 1.29 is 0 Å². The highest BCUT2D eigenvalue weighted by Gasteiger charge is 2.45. The maximum absolute atomic E-state index is 2.64. The van der Waals surface area contributed by atoms with Gasteiger partial charge in [-0.25, -0.2) is 0 Å². The van der Waals surface area contributed by atoms with E-state index >= 15 is 0 Å². The number of rotatable bonds is 6. The van der Waals surface area contributed by atoms with E-state index in [1.165, 1.54) is 308 Å². The van der Waals surface area contributed by atoms with Crippen LogP contribution in [0.4, 0.5) is 0 Å². The fraction of sp³-hybridized carbons (Fsp3) is 0. The second kappa shape index (κ2) is 31.4. The molecule has 0 saturated carbocycles. The first kappa shape index (κ1) is 81.8. The van der Waals surface area contributed by atoms with E-state index in [4.69, 9.17) is 0 Å². The lowest BCUT2D eigenvalue weighted by Crippen LogP contribution is -2.53. The average Bonchev–Trinajstić information content (AvgIpc) is 1.53. The molecule has 8 aliphatic rings. The molecule has 4 aromatic heterocycles. The van der Waals surface area contributed by atoms with E-state index in [1.54, 1.807) is 0 Å². The highest BCUT2D eigenvalue weighted by Crippen LogP contribution is 2.53. The maximum atomic E-state index is 2.64. The number of aromatic nitrogens is 4. The van der Waals surface area contributed by atoms with Crippen molar-refractivity contribution in [2.75, 3.05) is 0 Å². The van der Waals surface area contributed by atoms with Crippen molar-refractivity contribution in [2.45, 2.75) is 0 Å². The molecule has 0 bridgehead atoms. The third-order valence-electron chi connectivity index (χ3n) is 33.9. The summed E-state index contributed by atoms with van der Waals surface area (Å²) in [6.07, 6.45) is 0. The van der Waals surface area contributed by atoms with Gasteiger partial charge in [0.1, 0.15) is 0 Å². The molecule has 0 saturated heterocycles. The molecule has 8 aliphatic heterocycles. The summed E-state index contributed by atoms with van der Waals surface area (Å²) in [4.78, 5) is 0. The van der Waals surface area contributed by atoms with Crippen LogP contribution >= 0.6 is 0 Å². The lowest BCUT2D eigenvalue weighted by molar-refractivity contribution is 1.31. The number of nitrogens with zero attached hydrogens (tertiary/aromatic N) is 4. The number of fused-ring (bicyclic) bond motifs is 30. The van der Waals surface area contributed by atoms with Crippen molar-refractivity contribution in [3.8, 4) is 156 Å². The minimum Gasteiger partial charge on any atom is -0.375 e. The van der Waals surface area contributed by atoms with Gasteiger partial charge in [-0.2, -0.15) is 0 Å². The fourth-order valence-corrected chi connectivity index (χ4v) is 27.8. The van der Waals surface area contributed by atoms with Crippen LogP contribution in [0.3, 0.4) is 0 Å². The first-order valence-corrected chi connectivity index (χ1v) is 51.9. The van der Waals surface area contributed by atoms with Crippen molar-refractivity contribution >= 4 is 180 Å². The molecule has 0 amide bonds. The van der Waals surface area contributed by atoms with Crippen LogP contribution in [-0.2, 0) is 0 Å². The number of hydrogen-bond acceptors (Lipinski definition) is 0. The molecule has 676 valence electrons. The van der Waals surface area contributed by atoms with Crippen LogP contribution in [0, 0.1) is 0 Å². The Morgan fingerprint density at radius 2 is 0.338 bits per heavy atom. The normalized spacial score (nSPS) is 12.8. The predicted molar refractivity (Wildman–Crippen MR) is 631 cm³/mol. The number of benzene rings is 24. The molecule has 0 aliphatic carbocycles. The first-order chi connectivity index (χ1) is 73.5. The van der Waals surface area contributed by atoms with Gasteiger partial charge in [0, 0.05) is 132 Å². The summed E-state index contributed by atoms with van der Waals surface area (Å²) in [5, 5.41) is 15.9. The smallest absolute Gasteiger partial charge is 0.329 e. The van der Waals surface area contributed by atoms with Crippen molar-refractivity contribution in [3.63, 3.8) is 0 Å². The Hall–Kier alpha value is -18.7. The van der Waals surface area contributed by atoms with Crippen LogP contribution in [0.1, 0.15) is 0 Å². The monoisotopic (exact) mass is 1860 g/mol. The summed E-state index contributed by atoms with van der Waals surface area (Å²) in [5.41, 5.74) is 58.6. The van der Waals surface area contributed by atoms with Gasteiger partial charge in [-0.15, -0.1) is 0 Å². The van der Waals surface area contributed by atoms with Gasteiger partial charge < -0.3 is 17.9 Å². The highest BCUT2D eigenvalue weighted by atomic mass is 15.0. The van der Waals surface area contributed by atoms with Gasteiger partial charge in [0.2, 0.25) is 0 Å². The molecular formula is C140H84B4N4. The molecule has 0 N–H and O–H groups in total. The van der Waals surface area contributed by atoms with Gasteiger partial charge in [0.05, 0.1) is 0 Å². The van der Waals surface area contributed by atoms with E-state index in [9.17, 15) is 0 Å². The van der Waals surface area contributed by atoms with Gasteiger partial charge in [-0.3, -0.25) is 0 Å². The van der Waals surface area contributed by atoms with Crippen LogP contribution in [-0.4, -0.2) is 45.3 Å². The first-order valence-electron chi connectivity index (χ1n) is 51.9. The van der Waals surface area contributed by atoms with E-state index in [0.717, 1.165) is 0 Å². The quantitative estimate of drug-likeness (QED) is 0.148. The molecule has 24 aromatic carbocycles. The second-order valence-corrected chi connectivity index (χ2v) is 41.3. The summed E-state index contributed by atoms with van der Waals surface area (Å²) < 4.78 is 10.5. The Bertz CT molecular complexity index is 10600. The van der Waals surface area contributed by atoms with E-state index in [0.29, 0.717) is 0 Å². The summed E-state index contributed by atoms with van der Waals surface area (Å²) in [5.74, 6) is 0. The third kappa shape index (κ3) is 11.6. The summed E-state index contributed by atoms with van der Waals surface area (Å²) >= 11 is 0. The lowest BCUT2D eigenvalue weighted by atomic mass is 9.45. The molecule has 0 fully saturated rings. The SMILES string of the molecule is c1ccc(-c2cc(-c3ccccc3)cc(-c3cc4c5c(c3)c3cccc6c3n5B(c3ccccc3-6)c3ccccc3-4)c2)cc1.c1ccc(-c2ccc3c(c2)B2c4ccccc4-c4cccc5c6cccc-3c6n2c45)cc1.c1ccc2c(c1)B1c3cc(-c4ccc5ccccc5c4)ccc3-c3cccc4c5cccc-2c5n1c34.c1ccc2c(c1)B1c3cc(-c4cccc5ccccc45)ccc3-c3cccc4c5cccc-2c5n1c34. The van der Waals surface area contributed by atoms with Crippen LogP contribution in [0.2, 0.25) is 0 Å². The summed E-state index contributed by atoms with van der Waals surface area (Å²) in [6.45, 7) is 0.689. The third-order valence-corrected chi connectivity index (χ3v) is 33.9. The Morgan fingerprint density at radius 1 is 0.101 bits per heavy atom. The molecule has 0 spiro atoms.